The molecule has 6 heteroatoms. The molecule has 0 aliphatic carbocycles. The maximum atomic E-state index is 12.4. The number of hydrogen-bond donors (Lipinski definition) is 1. The molecule has 1 amide bonds. The molecule has 3 heterocycles. The fourth-order valence-corrected chi connectivity index (χ4v) is 3.93. The predicted molar refractivity (Wildman–Crippen MR) is 95.6 cm³/mol. The van der Waals surface area contributed by atoms with E-state index in [4.69, 9.17) is 4.74 Å². The molecule has 1 atom stereocenters. The molecule has 4 rings (SSSR count). The van der Waals surface area contributed by atoms with Gasteiger partial charge in [-0.2, -0.15) is 5.10 Å². The maximum absolute atomic E-state index is 12.4. The Hall–Kier alpha value is -2.18. The van der Waals surface area contributed by atoms with Crippen LogP contribution >= 0.6 is 11.3 Å². The number of carbonyl (C=O) groups excluding carboxylic acids is 1. The Bertz CT molecular complexity index is 816. The van der Waals surface area contributed by atoms with E-state index < -0.39 is 0 Å². The van der Waals surface area contributed by atoms with Gasteiger partial charge in [0.25, 0.3) is 5.91 Å². The van der Waals surface area contributed by atoms with Crippen LogP contribution in [0.15, 0.2) is 42.7 Å². The Kier molecular flexibility index (Phi) is 4.32. The number of amides is 1. The van der Waals surface area contributed by atoms with Crippen molar-refractivity contribution in [2.24, 2.45) is 0 Å². The van der Waals surface area contributed by atoms with Gasteiger partial charge in [0.2, 0.25) is 0 Å². The molecule has 1 aromatic carbocycles. The highest BCUT2D eigenvalue weighted by Gasteiger charge is 2.16. The summed E-state index contributed by atoms with van der Waals surface area (Å²) in [6.07, 6.45) is 7.21. The summed E-state index contributed by atoms with van der Waals surface area (Å²) >= 11 is 1.50. The lowest BCUT2D eigenvalue weighted by Gasteiger charge is -2.22. The van der Waals surface area contributed by atoms with Crippen LogP contribution in [0.3, 0.4) is 0 Å². The number of hydrogen-bond acceptors (Lipinski definition) is 4. The second-order valence-electron chi connectivity index (χ2n) is 6.04. The molecule has 1 saturated heterocycles. The van der Waals surface area contributed by atoms with Crippen molar-refractivity contribution in [3.8, 4) is 0 Å². The number of benzene rings is 1. The second-order valence-corrected chi connectivity index (χ2v) is 7.13. The molecule has 0 bridgehead atoms. The predicted octanol–water partition coefficient (Wildman–Crippen LogP) is 3.92. The zero-order valence-corrected chi connectivity index (χ0v) is 14.1. The molecule has 1 fully saturated rings. The SMILES string of the molecule is O=C(Nc1cnn(CC2CCCCO2)c1)c1cc2ccccc2s1. The normalized spacial score (nSPS) is 17.9. The number of aromatic nitrogens is 2. The first-order valence-electron chi connectivity index (χ1n) is 8.22. The van der Waals surface area contributed by atoms with E-state index in [1.807, 2.05) is 41.2 Å². The van der Waals surface area contributed by atoms with Gasteiger partial charge in [0.1, 0.15) is 0 Å². The molecule has 3 aromatic rings. The molecular formula is C18H19N3O2S. The standard InChI is InChI=1S/C18H19N3O2S/c22-18(17-9-13-5-1-2-7-16(13)24-17)20-14-10-19-21(11-14)12-15-6-3-4-8-23-15/h1-2,5,7,9-11,15H,3-4,6,8,12H2,(H,20,22). The first-order chi connectivity index (χ1) is 11.8. The fraction of sp³-hybridized carbons (Fsp3) is 0.333. The van der Waals surface area contributed by atoms with Crippen LogP contribution < -0.4 is 5.32 Å². The van der Waals surface area contributed by atoms with E-state index in [2.05, 4.69) is 10.4 Å². The molecule has 2 aromatic heterocycles. The Morgan fingerprint density at radius 2 is 2.29 bits per heavy atom. The van der Waals surface area contributed by atoms with Crippen LogP contribution in [0.5, 0.6) is 0 Å². The monoisotopic (exact) mass is 341 g/mol. The van der Waals surface area contributed by atoms with Gasteiger partial charge in [-0.15, -0.1) is 11.3 Å². The van der Waals surface area contributed by atoms with Gasteiger partial charge >= 0.3 is 0 Å². The zero-order valence-electron chi connectivity index (χ0n) is 13.3. The largest absolute Gasteiger partial charge is 0.376 e. The third kappa shape index (κ3) is 3.34. The first-order valence-corrected chi connectivity index (χ1v) is 9.03. The summed E-state index contributed by atoms with van der Waals surface area (Å²) in [7, 11) is 0. The summed E-state index contributed by atoms with van der Waals surface area (Å²) in [5.74, 6) is -0.0929. The van der Waals surface area contributed by atoms with Crippen molar-refractivity contribution in [3.63, 3.8) is 0 Å². The van der Waals surface area contributed by atoms with E-state index in [0.717, 1.165) is 36.1 Å². The van der Waals surface area contributed by atoms with Gasteiger partial charge in [-0.1, -0.05) is 18.2 Å². The lowest BCUT2D eigenvalue weighted by Crippen LogP contribution is -2.24. The maximum Gasteiger partial charge on any atom is 0.265 e. The summed E-state index contributed by atoms with van der Waals surface area (Å²) in [4.78, 5) is 13.1. The number of rotatable bonds is 4. The van der Waals surface area contributed by atoms with Crippen LogP contribution in [0, 0.1) is 0 Å². The van der Waals surface area contributed by atoms with Crippen molar-refractivity contribution in [2.45, 2.75) is 31.9 Å². The molecule has 0 radical (unpaired) electrons. The minimum Gasteiger partial charge on any atom is -0.376 e. The van der Waals surface area contributed by atoms with E-state index in [9.17, 15) is 4.79 Å². The lowest BCUT2D eigenvalue weighted by molar-refractivity contribution is 0.00401. The minimum absolute atomic E-state index is 0.0929. The lowest BCUT2D eigenvalue weighted by atomic mass is 10.1. The summed E-state index contributed by atoms with van der Waals surface area (Å²) in [5.41, 5.74) is 0.716. The molecular weight excluding hydrogens is 322 g/mol. The van der Waals surface area contributed by atoms with Crippen molar-refractivity contribution in [1.29, 1.82) is 0 Å². The van der Waals surface area contributed by atoms with Crippen molar-refractivity contribution < 1.29 is 9.53 Å². The van der Waals surface area contributed by atoms with E-state index in [1.165, 1.54) is 17.8 Å². The van der Waals surface area contributed by atoms with Crippen LogP contribution in [0.4, 0.5) is 5.69 Å². The van der Waals surface area contributed by atoms with E-state index in [1.54, 1.807) is 6.20 Å². The number of anilines is 1. The molecule has 0 saturated carbocycles. The number of fused-ring (bicyclic) bond motifs is 1. The van der Waals surface area contributed by atoms with Crippen LogP contribution in [-0.2, 0) is 11.3 Å². The molecule has 24 heavy (non-hydrogen) atoms. The van der Waals surface area contributed by atoms with Crippen molar-refractivity contribution in [3.05, 3.63) is 47.6 Å². The Morgan fingerprint density at radius 3 is 3.12 bits per heavy atom. The average Bonchev–Trinajstić information content (AvgIpc) is 3.22. The minimum atomic E-state index is -0.0929. The molecule has 0 spiro atoms. The summed E-state index contributed by atoms with van der Waals surface area (Å²) < 4.78 is 8.69. The molecule has 124 valence electrons. The molecule has 1 aliphatic rings. The first kappa shape index (κ1) is 15.4. The zero-order chi connectivity index (χ0) is 16.4. The van der Waals surface area contributed by atoms with Crippen molar-refractivity contribution >= 4 is 33.0 Å². The van der Waals surface area contributed by atoms with Gasteiger partial charge in [0.05, 0.1) is 29.4 Å². The van der Waals surface area contributed by atoms with E-state index in [0.29, 0.717) is 10.6 Å². The van der Waals surface area contributed by atoms with Gasteiger partial charge < -0.3 is 10.1 Å². The number of nitrogens with one attached hydrogen (secondary N) is 1. The molecule has 5 nitrogen and oxygen atoms in total. The Morgan fingerprint density at radius 1 is 1.38 bits per heavy atom. The summed E-state index contributed by atoms with van der Waals surface area (Å²) in [6, 6.07) is 9.94. The summed E-state index contributed by atoms with van der Waals surface area (Å²) in [5, 5.41) is 8.34. The van der Waals surface area contributed by atoms with Gasteiger partial charge in [0, 0.05) is 17.5 Å². The van der Waals surface area contributed by atoms with Gasteiger partial charge in [-0.05, 0) is 36.8 Å². The smallest absolute Gasteiger partial charge is 0.265 e. The third-order valence-electron chi connectivity index (χ3n) is 4.21. The Labute approximate surface area is 144 Å². The highest BCUT2D eigenvalue weighted by molar-refractivity contribution is 7.20. The van der Waals surface area contributed by atoms with Gasteiger partial charge in [-0.25, -0.2) is 0 Å². The van der Waals surface area contributed by atoms with E-state index >= 15 is 0 Å². The van der Waals surface area contributed by atoms with Crippen LogP contribution in [-0.4, -0.2) is 28.4 Å². The number of ether oxygens (including phenoxy) is 1. The fourth-order valence-electron chi connectivity index (χ4n) is 2.97. The van der Waals surface area contributed by atoms with Crippen LogP contribution in [0.25, 0.3) is 10.1 Å². The van der Waals surface area contributed by atoms with Crippen molar-refractivity contribution in [1.82, 2.24) is 9.78 Å². The molecule has 1 N–H and O–H groups in total. The quantitative estimate of drug-likeness (QED) is 0.782. The number of carbonyl (C=O) groups is 1. The van der Waals surface area contributed by atoms with Crippen LogP contribution in [0.1, 0.15) is 28.9 Å². The van der Waals surface area contributed by atoms with Crippen molar-refractivity contribution in [2.75, 3.05) is 11.9 Å². The third-order valence-corrected chi connectivity index (χ3v) is 5.32. The van der Waals surface area contributed by atoms with Gasteiger partial charge in [0.15, 0.2) is 0 Å². The van der Waals surface area contributed by atoms with Crippen LogP contribution in [0.2, 0.25) is 0 Å². The molecule has 1 unspecified atom stereocenters. The molecule has 1 aliphatic heterocycles. The van der Waals surface area contributed by atoms with Gasteiger partial charge in [-0.3, -0.25) is 9.48 Å². The topological polar surface area (TPSA) is 56.2 Å². The summed E-state index contributed by atoms with van der Waals surface area (Å²) in [6.45, 7) is 1.57. The highest BCUT2D eigenvalue weighted by Crippen LogP contribution is 2.26. The highest BCUT2D eigenvalue weighted by atomic mass is 32.1. The van der Waals surface area contributed by atoms with E-state index in [-0.39, 0.29) is 12.0 Å². The number of thiophene rings is 1. The second kappa shape index (κ2) is 6.75. The Balaban J connectivity index is 1.42. The number of nitrogens with zero attached hydrogens (tertiary/aromatic N) is 2. The average molecular weight is 341 g/mol.